The van der Waals surface area contributed by atoms with Crippen LogP contribution in [0.4, 0.5) is 0 Å². The minimum absolute atomic E-state index is 0.189. The Morgan fingerprint density at radius 2 is 1.96 bits per heavy atom. The van der Waals surface area contributed by atoms with Crippen molar-refractivity contribution in [2.75, 3.05) is 13.7 Å². The molecular weight excluding hydrogens is 334 g/mol. The second kappa shape index (κ2) is 9.27. The van der Waals surface area contributed by atoms with Crippen molar-refractivity contribution in [1.29, 1.82) is 0 Å². The van der Waals surface area contributed by atoms with Crippen LogP contribution in [-0.2, 0) is 11.3 Å². The molecule has 0 aliphatic rings. The van der Waals surface area contributed by atoms with Crippen LogP contribution in [0.1, 0.15) is 28.4 Å². The summed E-state index contributed by atoms with van der Waals surface area (Å²) in [5.74, 6) is -0.0316. The molecule has 0 atom stereocenters. The number of ether oxygens (including phenoxy) is 2. The van der Waals surface area contributed by atoms with Crippen molar-refractivity contribution in [2.24, 2.45) is 0 Å². The molecular formula is C20H21NO5. The Kier molecular flexibility index (Phi) is 6.79. The van der Waals surface area contributed by atoms with Crippen LogP contribution in [0.3, 0.4) is 0 Å². The second-order valence-electron chi connectivity index (χ2n) is 5.40. The quantitative estimate of drug-likeness (QED) is 0.711. The molecule has 2 aromatic rings. The molecule has 0 saturated carbocycles. The number of carbonyl (C=O) groups excluding carboxylic acids is 1. The normalized spacial score (nSPS) is 10.5. The van der Waals surface area contributed by atoms with E-state index in [1.807, 2.05) is 13.0 Å². The van der Waals surface area contributed by atoms with Crippen LogP contribution in [0.5, 0.6) is 11.5 Å². The lowest BCUT2D eigenvalue weighted by molar-refractivity contribution is -0.116. The largest absolute Gasteiger partial charge is 0.493 e. The van der Waals surface area contributed by atoms with Crippen LogP contribution < -0.4 is 14.8 Å². The number of hydrogen-bond donors (Lipinski definition) is 2. The van der Waals surface area contributed by atoms with Gasteiger partial charge in [-0.2, -0.15) is 0 Å². The van der Waals surface area contributed by atoms with Crippen LogP contribution in [0, 0.1) is 0 Å². The maximum Gasteiger partial charge on any atom is 0.335 e. The maximum atomic E-state index is 12.0. The SMILES string of the molecule is CCOc1ccc(/C=C/C(=O)NCc2cccc(C(=O)O)c2)cc1OC. The van der Waals surface area contributed by atoms with E-state index < -0.39 is 5.97 Å². The van der Waals surface area contributed by atoms with Gasteiger partial charge in [0.05, 0.1) is 19.3 Å². The van der Waals surface area contributed by atoms with E-state index >= 15 is 0 Å². The molecule has 136 valence electrons. The van der Waals surface area contributed by atoms with E-state index in [1.165, 1.54) is 18.2 Å². The summed E-state index contributed by atoms with van der Waals surface area (Å²) in [5, 5.41) is 11.7. The zero-order valence-corrected chi connectivity index (χ0v) is 14.7. The van der Waals surface area contributed by atoms with Gasteiger partial charge in [0.1, 0.15) is 0 Å². The fourth-order valence-electron chi connectivity index (χ4n) is 2.30. The first-order valence-electron chi connectivity index (χ1n) is 8.12. The third kappa shape index (κ3) is 5.37. The fraction of sp³-hybridized carbons (Fsp3) is 0.200. The summed E-state index contributed by atoms with van der Waals surface area (Å²) in [6.45, 7) is 2.68. The molecule has 0 aliphatic carbocycles. The van der Waals surface area contributed by atoms with Gasteiger partial charge < -0.3 is 19.9 Å². The van der Waals surface area contributed by atoms with Crippen LogP contribution in [-0.4, -0.2) is 30.7 Å². The summed E-state index contributed by atoms with van der Waals surface area (Å²) >= 11 is 0. The molecule has 2 N–H and O–H groups in total. The molecule has 26 heavy (non-hydrogen) atoms. The number of carbonyl (C=O) groups is 2. The predicted octanol–water partition coefficient (Wildman–Crippen LogP) is 3.12. The first-order valence-corrected chi connectivity index (χ1v) is 8.12. The van der Waals surface area contributed by atoms with Gasteiger partial charge in [-0.25, -0.2) is 4.79 Å². The molecule has 6 nitrogen and oxygen atoms in total. The molecule has 6 heteroatoms. The zero-order valence-electron chi connectivity index (χ0n) is 14.7. The van der Waals surface area contributed by atoms with E-state index in [1.54, 1.807) is 37.5 Å². The van der Waals surface area contributed by atoms with Gasteiger partial charge in [0.2, 0.25) is 5.91 Å². The molecule has 0 heterocycles. The van der Waals surface area contributed by atoms with Crippen LogP contribution in [0.2, 0.25) is 0 Å². The van der Waals surface area contributed by atoms with E-state index in [2.05, 4.69) is 5.32 Å². The highest BCUT2D eigenvalue weighted by Crippen LogP contribution is 2.28. The number of methoxy groups -OCH3 is 1. The number of carboxylic acids is 1. The Morgan fingerprint density at radius 3 is 2.65 bits per heavy atom. The molecule has 2 rings (SSSR count). The Labute approximate surface area is 152 Å². The van der Waals surface area contributed by atoms with Crippen LogP contribution >= 0.6 is 0 Å². The lowest BCUT2D eigenvalue weighted by atomic mass is 10.1. The van der Waals surface area contributed by atoms with E-state index in [9.17, 15) is 9.59 Å². The minimum Gasteiger partial charge on any atom is -0.493 e. The molecule has 0 aromatic heterocycles. The number of aromatic carboxylic acids is 1. The maximum absolute atomic E-state index is 12.0. The van der Waals surface area contributed by atoms with Gasteiger partial charge in [-0.05, 0) is 48.4 Å². The summed E-state index contributed by atoms with van der Waals surface area (Å²) in [4.78, 5) is 22.9. The van der Waals surface area contributed by atoms with Crippen molar-refractivity contribution < 1.29 is 24.2 Å². The Hall–Kier alpha value is -3.28. The van der Waals surface area contributed by atoms with Crippen molar-refractivity contribution >= 4 is 18.0 Å². The smallest absolute Gasteiger partial charge is 0.335 e. The van der Waals surface area contributed by atoms with E-state index in [4.69, 9.17) is 14.6 Å². The average molecular weight is 355 g/mol. The highest BCUT2D eigenvalue weighted by atomic mass is 16.5. The predicted molar refractivity (Wildman–Crippen MR) is 98.4 cm³/mol. The third-order valence-electron chi connectivity index (χ3n) is 3.56. The standard InChI is InChI=1S/C20H21NO5/c1-3-26-17-9-7-14(12-18(17)25-2)8-10-19(22)21-13-15-5-4-6-16(11-15)20(23)24/h4-12H,3,13H2,1-2H3,(H,21,22)(H,23,24)/b10-8+. The molecule has 0 spiro atoms. The molecule has 0 fully saturated rings. The van der Waals surface area contributed by atoms with E-state index in [-0.39, 0.29) is 18.0 Å². The minimum atomic E-state index is -0.998. The number of nitrogens with one attached hydrogen (secondary N) is 1. The van der Waals surface area contributed by atoms with Gasteiger partial charge in [0.25, 0.3) is 0 Å². The van der Waals surface area contributed by atoms with Gasteiger partial charge >= 0.3 is 5.97 Å². The monoisotopic (exact) mass is 355 g/mol. The number of carboxylic acid groups (broad SMARTS) is 1. The second-order valence-corrected chi connectivity index (χ2v) is 5.40. The van der Waals surface area contributed by atoms with Gasteiger partial charge in [-0.1, -0.05) is 18.2 Å². The molecule has 1 amide bonds. The van der Waals surface area contributed by atoms with Gasteiger partial charge in [0, 0.05) is 12.6 Å². The summed E-state index contributed by atoms with van der Waals surface area (Å²) in [5.41, 5.74) is 1.71. The molecule has 0 saturated heterocycles. The first-order chi connectivity index (χ1) is 12.5. The summed E-state index contributed by atoms with van der Waals surface area (Å²) < 4.78 is 10.7. The Bertz CT molecular complexity index is 814. The highest BCUT2D eigenvalue weighted by Gasteiger charge is 2.05. The Balaban J connectivity index is 1.97. The number of benzene rings is 2. The summed E-state index contributed by atoms with van der Waals surface area (Å²) in [7, 11) is 1.56. The number of hydrogen-bond acceptors (Lipinski definition) is 4. The Morgan fingerprint density at radius 1 is 1.15 bits per heavy atom. The van der Waals surface area contributed by atoms with Crippen LogP contribution in [0.25, 0.3) is 6.08 Å². The third-order valence-corrected chi connectivity index (χ3v) is 3.56. The fourth-order valence-corrected chi connectivity index (χ4v) is 2.30. The summed E-state index contributed by atoms with van der Waals surface area (Å²) in [6, 6.07) is 11.8. The molecule has 0 radical (unpaired) electrons. The number of rotatable bonds is 8. The van der Waals surface area contributed by atoms with Gasteiger partial charge in [-0.15, -0.1) is 0 Å². The molecule has 2 aromatic carbocycles. The lowest BCUT2D eigenvalue weighted by Crippen LogP contribution is -2.20. The van der Waals surface area contributed by atoms with Crippen molar-refractivity contribution in [3.63, 3.8) is 0 Å². The van der Waals surface area contributed by atoms with E-state index in [0.29, 0.717) is 18.1 Å². The van der Waals surface area contributed by atoms with Crippen molar-refractivity contribution in [3.8, 4) is 11.5 Å². The van der Waals surface area contributed by atoms with E-state index in [0.717, 1.165) is 11.1 Å². The number of amides is 1. The van der Waals surface area contributed by atoms with Crippen molar-refractivity contribution in [3.05, 3.63) is 65.2 Å². The van der Waals surface area contributed by atoms with Crippen LogP contribution in [0.15, 0.2) is 48.5 Å². The lowest BCUT2D eigenvalue weighted by Gasteiger charge is -2.09. The zero-order chi connectivity index (χ0) is 18.9. The topological polar surface area (TPSA) is 84.9 Å². The van der Waals surface area contributed by atoms with Crippen molar-refractivity contribution in [2.45, 2.75) is 13.5 Å². The van der Waals surface area contributed by atoms with Gasteiger partial charge in [0.15, 0.2) is 11.5 Å². The molecule has 0 unspecified atom stereocenters. The first kappa shape index (κ1) is 19.1. The average Bonchev–Trinajstić information content (AvgIpc) is 2.66. The highest BCUT2D eigenvalue weighted by molar-refractivity contribution is 5.92. The van der Waals surface area contributed by atoms with Crippen molar-refractivity contribution in [1.82, 2.24) is 5.32 Å². The van der Waals surface area contributed by atoms with Gasteiger partial charge in [-0.3, -0.25) is 4.79 Å². The summed E-state index contributed by atoms with van der Waals surface area (Å²) in [6.07, 6.45) is 3.08. The molecule has 0 aliphatic heterocycles. The molecule has 0 bridgehead atoms.